The summed E-state index contributed by atoms with van der Waals surface area (Å²) in [6.45, 7) is 0.873. The van der Waals surface area contributed by atoms with Gasteiger partial charge in [-0.25, -0.2) is 14.0 Å². The summed E-state index contributed by atoms with van der Waals surface area (Å²) in [6, 6.07) is 2.48. The molecule has 1 rings (SSSR count). The van der Waals surface area contributed by atoms with Gasteiger partial charge in [0.05, 0.1) is 11.3 Å². The zero-order valence-electron chi connectivity index (χ0n) is 10.4. The van der Waals surface area contributed by atoms with Crippen LogP contribution in [0.3, 0.4) is 0 Å². The van der Waals surface area contributed by atoms with Crippen molar-refractivity contribution in [1.29, 1.82) is 0 Å². The number of carbonyl (C=O) groups excluding carboxylic acids is 1. The molecule has 0 spiro atoms. The molecule has 1 aromatic rings. The highest BCUT2D eigenvalue weighted by Crippen LogP contribution is 2.17. The highest BCUT2D eigenvalue weighted by atomic mass is 19.1. The first kappa shape index (κ1) is 14.9. The lowest BCUT2D eigenvalue weighted by molar-refractivity contribution is 0.0698. The molecule has 0 fully saturated rings. The Hall–Kier alpha value is -2.15. The van der Waals surface area contributed by atoms with E-state index in [2.05, 4.69) is 10.6 Å². The molecule has 104 valence electrons. The molecule has 1 aromatic carbocycles. The highest BCUT2D eigenvalue weighted by molar-refractivity contribution is 5.99. The minimum Gasteiger partial charge on any atom is -0.478 e. The molecule has 0 aliphatic rings. The molecule has 0 aliphatic heterocycles. The predicted molar refractivity (Wildman–Crippen MR) is 66.9 cm³/mol. The molecule has 19 heavy (non-hydrogen) atoms. The van der Waals surface area contributed by atoms with E-state index >= 15 is 0 Å². The fourth-order valence-electron chi connectivity index (χ4n) is 1.39. The lowest BCUT2D eigenvalue weighted by Crippen LogP contribution is -2.30. The van der Waals surface area contributed by atoms with Crippen molar-refractivity contribution in [2.45, 2.75) is 6.42 Å². The van der Waals surface area contributed by atoms with Gasteiger partial charge < -0.3 is 20.5 Å². The van der Waals surface area contributed by atoms with E-state index in [0.29, 0.717) is 19.6 Å². The summed E-state index contributed by atoms with van der Waals surface area (Å²) in [4.78, 5) is 22.4. The summed E-state index contributed by atoms with van der Waals surface area (Å²) < 4.78 is 17.8. The van der Waals surface area contributed by atoms with Gasteiger partial charge in [0.2, 0.25) is 0 Å². The van der Waals surface area contributed by atoms with Crippen LogP contribution in [0.2, 0.25) is 0 Å². The molecule has 3 N–H and O–H groups in total. The number of carboxylic acid groups (broad SMARTS) is 1. The Balaban J connectivity index is 2.62. The van der Waals surface area contributed by atoms with Crippen molar-refractivity contribution in [3.8, 4) is 0 Å². The Labute approximate surface area is 109 Å². The van der Waals surface area contributed by atoms with Crippen LogP contribution in [0.25, 0.3) is 0 Å². The van der Waals surface area contributed by atoms with E-state index in [1.165, 1.54) is 0 Å². The first-order valence-electron chi connectivity index (χ1n) is 5.61. The number of rotatable bonds is 6. The lowest BCUT2D eigenvalue weighted by Gasteiger charge is -2.09. The maximum Gasteiger partial charge on any atom is 0.337 e. The number of carboxylic acids is 1. The largest absolute Gasteiger partial charge is 0.478 e. The van der Waals surface area contributed by atoms with Crippen LogP contribution in [0.1, 0.15) is 16.8 Å². The van der Waals surface area contributed by atoms with Gasteiger partial charge in [-0.15, -0.1) is 0 Å². The fraction of sp³-hybridized carbons (Fsp3) is 0.333. The number of amides is 2. The van der Waals surface area contributed by atoms with E-state index < -0.39 is 17.8 Å². The second-order valence-electron chi connectivity index (χ2n) is 3.72. The smallest absolute Gasteiger partial charge is 0.337 e. The van der Waals surface area contributed by atoms with Gasteiger partial charge >= 0.3 is 12.0 Å². The second-order valence-corrected chi connectivity index (χ2v) is 3.72. The average molecular weight is 270 g/mol. The Morgan fingerprint density at radius 1 is 1.42 bits per heavy atom. The third-order valence-electron chi connectivity index (χ3n) is 2.27. The molecule has 0 bridgehead atoms. The number of hydrogen-bond acceptors (Lipinski definition) is 3. The van der Waals surface area contributed by atoms with Gasteiger partial charge in [0, 0.05) is 20.3 Å². The molecule has 0 aliphatic carbocycles. The lowest BCUT2D eigenvalue weighted by atomic mass is 10.2. The van der Waals surface area contributed by atoms with Crippen LogP contribution in [0, 0.1) is 5.82 Å². The van der Waals surface area contributed by atoms with Crippen molar-refractivity contribution in [2.24, 2.45) is 0 Å². The maximum absolute atomic E-state index is 13.0. The standard InChI is InChI=1S/C12H15FN2O4/c1-19-6-2-5-14-12(18)15-10-7-8(13)3-4-9(10)11(16)17/h3-4,7H,2,5-6H2,1H3,(H,16,17)(H2,14,15,18). The van der Waals surface area contributed by atoms with Crippen LogP contribution in [-0.4, -0.2) is 37.4 Å². The van der Waals surface area contributed by atoms with Crippen molar-refractivity contribution in [2.75, 3.05) is 25.6 Å². The Morgan fingerprint density at radius 3 is 2.79 bits per heavy atom. The zero-order valence-corrected chi connectivity index (χ0v) is 10.4. The first-order valence-corrected chi connectivity index (χ1v) is 5.61. The van der Waals surface area contributed by atoms with Gasteiger partial charge in [0.25, 0.3) is 0 Å². The molecular formula is C12H15FN2O4. The molecule has 0 heterocycles. The normalized spacial score (nSPS) is 10.0. The zero-order chi connectivity index (χ0) is 14.3. The fourth-order valence-corrected chi connectivity index (χ4v) is 1.39. The van der Waals surface area contributed by atoms with Crippen LogP contribution >= 0.6 is 0 Å². The molecule has 0 saturated carbocycles. The van der Waals surface area contributed by atoms with Gasteiger partial charge in [0.15, 0.2) is 0 Å². The van der Waals surface area contributed by atoms with Crippen LogP contribution in [0.5, 0.6) is 0 Å². The number of ether oxygens (including phenoxy) is 1. The molecule has 0 aromatic heterocycles. The molecule has 7 heteroatoms. The summed E-state index contributed by atoms with van der Waals surface area (Å²) >= 11 is 0. The molecule has 0 radical (unpaired) electrons. The van der Waals surface area contributed by atoms with Gasteiger partial charge in [-0.2, -0.15) is 0 Å². The molecule has 6 nitrogen and oxygen atoms in total. The minimum atomic E-state index is -1.24. The molecular weight excluding hydrogens is 255 g/mol. The number of nitrogens with one attached hydrogen (secondary N) is 2. The monoisotopic (exact) mass is 270 g/mol. The number of carbonyl (C=O) groups is 2. The van der Waals surface area contributed by atoms with Crippen molar-refractivity contribution >= 4 is 17.7 Å². The van der Waals surface area contributed by atoms with Crippen molar-refractivity contribution in [3.63, 3.8) is 0 Å². The van der Waals surface area contributed by atoms with E-state index in [1.54, 1.807) is 7.11 Å². The number of anilines is 1. The average Bonchev–Trinajstić information content (AvgIpc) is 2.34. The molecule has 0 unspecified atom stereocenters. The highest BCUT2D eigenvalue weighted by Gasteiger charge is 2.13. The van der Waals surface area contributed by atoms with Gasteiger partial charge in [0.1, 0.15) is 5.82 Å². The van der Waals surface area contributed by atoms with Gasteiger partial charge in [-0.1, -0.05) is 0 Å². The summed E-state index contributed by atoms with van der Waals surface area (Å²) in [5, 5.41) is 13.7. The predicted octanol–water partition coefficient (Wildman–Crippen LogP) is 1.68. The summed E-state index contributed by atoms with van der Waals surface area (Å²) in [5.41, 5.74) is -0.259. The Bertz CT molecular complexity index is 465. The van der Waals surface area contributed by atoms with Crippen LogP contribution in [-0.2, 0) is 4.74 Å². The van der Waals surface area contributed by atoms with Crippen LogP contribution in [0.15, 0.2) is 18.2 Å². The van der Waals surface area contributed by atoms with E-state index in [-0.39, 0.29) is 11.3 Å². The van der Waals surface area contributed by atoms with E-state index in [0.717, 1.165) is 18.2 Å². The topological polar surface area (TPSA) is 87.7 Å². The molecule has 0 atom stereocenters. The third kappa shape index (κ3) is 4.92. The first-order chi connectivity index (χ1) is 9.04. The second kappa shape index (κ2) is 7.32. The third-order valence-corrected chi connectivity index (χ3v) is 2.27. The minimum absolute atomic E-state index is 0.0864. The van der Waals surface area contributed by atoms with Gasteiger partial charge in [-0.3, -0.25) is 0 Å². The van der Waals surface area contributed by atoms with Gasteiger partial charge in [-0.05, 0) is 24.6 Å². The number of aromatic carboxylic acids is 1. The summed E-state index contributed by atoms with van der Waals surface area (Å²) in [5.74, 6) is -1.87. The number of halogens is 1. The number of methoxy groups -OCH3 is 1. The van der Waals surface area contributed by atoms with E-state index in [4.69, 9.17) is 9.84 Å². The molecule has 0 saturated heterocycles. The number of urea groups is 1. The van der Waals surface area contributed by atoms with Crippen LogP contribution < -0.4 is 10.6 Å². The maximum atomic E-state index is 13.0. The Morgan fingerprint density at radius 2 is 2.16 bits per heavy atom. The summed E-state index contributed by atoms with van der Waals surface area (Å²) in [6.07, 6.45) is 0.624. The van der Waals surface area contributed by atoms with Crippen molar-refractivity contribution < 1.29 is 23.8 Å². The molecule has 2 amide bonds. The van der Waals surface area contributed by atoms with Crippen molar-refractivity contribution in [1.82, 2.24) is 5.32 Å². The quantitative estimate of drug-likeness (QED) is 0.686. The van der Waals surface area contributed by atoms with Crippen LogP contribution in [0.4, 0.5) is 14.9 Å². The number of benzene rings is 1. The SMILES string of the molecule is COCCCNC(=O)Nc1cc(F)ccc1C(=O)O. The van der Waals surface area contributed by atoms with E-state index in [1.807, 2.05) is 0 Å². The van der Waals surface area contributed by atoms with Crippen molar-refractivity contribution in [3.05, 3.63) is 29.6 Å². The number of hydrogen-bond donors (Lipinski definition) is 3. The van der Waals surface area contributed by atoms with E-state index in [9.17, 15) is 14.0 Å². The summed E-state index contributed by atoms with van der Waals surface area (Å²) in [7, 11) is 1.55. The Kier molecular flexibility index (Phi) is 5.74.